The zero-order chi connectivity index (χ0) is 17.8. The van der Waals surface area contributed by atoms with Crippen molar-refractivity contribution >= 4 is 27.5 Å². The second kappa shape index (κ2) is 8.49. The Balaban J connectivity index is 1.47. The molecule has 3 heterocycles. The lowest BCUT2D eigenvalue weighted by Crippen LogP contribution is -2.44. The van der Waals surface area contributed by atoms with Crippen molar-refractivity contribution in [2.75, 3.05) is 26.2 Å². The van der Waals surface area contributed by atoms with E-state index in [0.29, 0.717) is 18.5 Å². The molecule has 1 amide bonds. The van der Waals surface area contributed by atoms with Crippen molar-refractivity contribution in [2.24, 2.45) is 0 Å². The Kier molecular flexibility index (Phi) is 5.85. The van der Waals surface area contributed by atoms with Crippen molar-refractivity contribution in [1.29, 1.82) is 0 Å². The number of carbonyl (C=O) groups is 1. The molecule has 26 heavy (non-hydrogen) atoms. The number of likely N-dealkylation sites (tertiary alicyclic amines) is 2. The van der Waals surface area contributed by atoms with Gasteiger partial charge in [0.1, 0.15) is 5.01 Å². The summed E-state index contributed by atoms with van der Waals surface area (Å²) in [6.07, 6.45) is 9.72. The van der Waals surface area contributed by atoms with Gasteiger partial charge in [0.2, 0.25) is 5.91 Å². The first-order chi connectivity index (χ1) is 12.8. The number of hydrogen-bond acceptors (Lipinski definition) is 4. The van der Waals surface area contributed by atoms with Crippen LogP contribution in [0.15, 0.2) is 24.3 Å². The van der Waals surface area contributed by atoms with Gasteiger partial charge in [-0.1, -0.05) is 37.8 Å². The predicted molar refractivity (Wildman–Crippen MR) is 107 cm³/mol. The second-order valence-electron chi connectivity index (χ2n) is 7.65. The number of thiazole rings is 1. The number of piperidine rings is 1. The SMILES string of the molecule is O=C(CN1CCCC[C@H]1c1nc2ccccc2s1)N1CCCCCCC1. The number of rotatable bonds is 3. The van der Waals surface area contributed by atoms with Gasteiger partial charge >= 0.3 is 0 Å². The van der Waals surface area contributed by atoms with Crippen molar-refractivity contribution in [3.63, 3.8) is 0 Å². The molecule has 4 nitrogen and oxygen atoms in total. The Morgan fingerprint density at radius 1 is 1.00 bits per heavy atom. The lowest BCUT2D eigenvalue weighted by molar-refractivity contribution is -0.133. The molecule has 1 aromatic heterocycles. The van der Waals surface area contributed by atoms with E-state index in [1.807, 2.05) is 0 Å². The number of aromatic nitrogens is 1. The molecule has 2 aliphatic heterocycles. The molecule has 2 aliphatic rings. The molecule has 0 saturated carbocycles. The predicted octanol–water partition coefficient (Wildman–Crippen LogP) is 4.62. The maximum absolute atomic E-state index is 12.9. The summed E-state index contributed by atoms with van der Waals surface area (Å²) in [7, 11) is 0. The number of hydrogen-bond donors (Lipinski definition) is 0. The van der Waals surface area contributed by atoms with Gasteiger partial charge in [-0.05, 0) is 44.4 Å². The van der Waals surface area contributed by atoms with Crippen molar-refractivity contribution in [3.05, 3.63) is 29.3 Å². The van der Waals surface area contributed by atoms with Gasteiger partial charge in [0.25, 0.3) is 0 Å². The maximum Gasteiger partial charge on any atom is 0.236 e. The molecule has 0 bridgehead atoms. The summed E-state index contributed by atoms with van der Waals surface area (Å²) in [6, 6.07) is 8.67. The highest BCUT2D eigenvalue weighted by Gasteiger charge is 2.29. The Labute approximate surface area is 160 Å². The third kappa shape index (κ3) is 4.09. The van der Waals surface area contributed by atoms with E-state index in [9.17, 15) is 4.79 Å². The zero-order valence-electron chi connectivity index (χ0n) is 15.5. The van der Waals surface area contributed by atoms with Crippen LogP contribution >= 0.6 is 11.3 Å². The van der Waals surface area contributed by atoms with E-state index in [-0.39, 0.29) is 0 Å². The number of fused-ring (bicyclic) bond motifs is 1. The molecule has 5 heteroatoms. The van der Waals surface area contributed by atoms with Gasteiger partial charge in [-0.3, -0.25) is 9.69 Å². The molecule has 0 radical (unpaired) electrons. The molecule has 0 N–H and O–H groups in total. The topological polar surface area (TPSA) is 36.4 Å². The Hall–Kier alpha value is -1.46. The largest absolute Gasteiger partial charge is 0.342 e. The summed E-state index contributed by atoms with van der Waals surface area (Å²) in [5.74, 6) is 0.319. The highest BCUT2D eigenvalue weighted by atomic mass is 32.1. The molecule has 1 atom stereocenters. The molecule has 140 valence electrons. The molecule has 0 aliphatic carbocycles. The summed E-state index contributed by atoms with van der Waals surface area (Å²) in [6.45, 7) is 3.46. The number of carbonyl (C=O) groups excluding carboxylic acids is 1. The zero-order valence-corrected chi connectivity index (χ0v) is 16.3. The molecular formula is C21H29N3OS. The number of benzene rings is 1. The van der Waals surface area contributed by atoms with Gasteiger partial charge in [-0.15, -0.1) is 11.3 Å². The molecule has 2 fully saturated rings. The van der Waals surface area contributed by atoms with E-state index in [0.717, 1.165) is 44.4 Å². The fourth-order valence-corrected chi connectivity index (χ4v) is 5.40. The van der Waals surface area contributed by atoms with Crippen molar-refractivity contribution in [3.8, 4) is 0 Å². The van der Waals surface area contributed by atoms with Crippen LogP contribution in [0.2, 0.25) is 0 Å². The van der Waals surface area contributed by atoms with Crippen LogP contribution in [0.3, 0.4) is 0 Å². The molecule has 0 unspecified atom stereocenters. The minimum atomic E-state index is 0.305. The van der Waals surface area contributed by atoms with E-state index in [1.54, 1.807) is 11.3 Å². The minimum absolute atomic E-state index is 0.305. The Bertz CT molecular complexity index is 703. The average molecular weight is 372 g/mol. The van der Waals surface area contributed by atoms with Gasteiger partial charge in [0, 0.05) is 13.1 Å². The van der Waals surface area contributed by atoms with Crippen LogP contribution in [-0.2, 0) is 4.79 Å². The smallest absolute Gasteiger partial charge is 0.236 e. The van der Waals surface area contributed by atoms with Gasteiger partial charge in [-0.2, -0.15) is 0 Å². The summed E-state index contributed by atoms with van der Waals surface area (Å²) in [5, 5.41) is 1.19. The quantitative estimate of drug-likeness (QED) is 0.790. The highest BCUT2D eigenvalue weighted by molar-refractivity contribution is 7.18. The number of nitrogens with zero attached hydrogens (tertiary/aromatic N) is 3. The first-order valence-electron chi connectivity index (χ1n) is 10.2. The normalized spacial score (nSPS) is 22.9. The Morgan fingerprint density at radius 2 is 1.73 bits per heavy atom. The van der Waals surface area contributed by atoms with Crippen LogP contribution in [0.5, 0.6) is 0 Å². The van der Waals surface area contributed by atoms with E-state index in [2.05, 4.69) is 34.1 Å². The van der Waals surface area contributed by atoms with Crippen molar-refractivity contribution in [1.82, 2.24) is 14.8 Å². The third-order valence-electron chi connectivity index (χ3n) is 5.76. The van der Waals surface area contributed by atoms with Crippen molar-refractivity contribution in [2.45, 2.75) is 57.4 Å². The van der Waals surface area contributed by atoms with E-state index >= 15 is 0 Å². The van der Waals surface area contributed by atoms with Crippen molar-refractivity contribution < 1.29 is 4.79 Å². The summed E-state index contributed by atoms with van der Waals surface area (Å²) >= 11 is 1.80. The highest BCUT2D eigenvalue weighted by Crippen LogP contribution is 2.35. The monoisotopic (exact) mass is 371 g/mol. The number of para-hydroxylation sites is 1. The lowest BCUT2D eigenvalue weighted by Gasteiger charge is -2.35. The molecule has 2 aromatic rings. The lowest BCUT2D eigenvalue weighted by atomic mass is 10.0. The van der Waals surface area contributed by atoms with Gasteiger partial charge in [-0.25, -0.2) is 4.98 Å². The second-order valence-corrected chi connectivity index (χ2v) is 8.71. The maximum atomic E-state index is 12.9. The van der Waals surface area contributed by atoms with Crippen LogP contribution in [0, 0.1) is 0 Å². The van der Waals surface area contributed by atoms with E-state index < -0.39 is 0 Å². The van der Waals surface area contributed by atoms with Crippen LogP contribution in [0.1, 0.15) is 62.4 Å². The van der Waals surface area contributed by atoms with Crippen LogP contribution in [-0.4, -0.2) is 46.9 Å². The third-order valence-corrected chi connectivity index (χ3v) is 6.89. The van der Waals surface area contributed by atoms with E-state index in [4.69, 9.17) is 4.98 Å². The Morgan fingerprint density at radius 3 is 2.54 bits per heavy atom. The van der Waals surface area contributed by atoms with Crippen LogP contribution < -0.4 is 0 Å². The molecule has 1 aromatic carbocycles. The first-order valence-corrected chi connectivity index (χ1v) is 11.0. The summed E-state index contributed by atoms with van der Waals surface area (Å²) in [5.41, 5.74) is 1.09. The van der Waals surface area contributed by atoms with Gasteiger partial charge < -0.3 is 4.90 Å². The fraction of sp³-hybridized carbons (Fsp3) is 0.619. The minimum Gasteiger partial charge on any atom is -0.342 e. The standard InChI is InChI=1S/C21H29N3OS/c25-20(23-13-7-2-1-3-8-14-23)16-24-15-9-6-11-18(24)21-22-17-10-4-5-12-19(17)26-21/h4-5,10,12,18H,1-3,6-9,11,13-16H2/t18-/m0/s1. The average Bonchev–Trinajstić information content (AvgIpc) is 3.05. The first kappa shape index (κ1) is 17.9. The van der Waals surface area contributed by atoms with Gasteiger partial charge in [0.15, 0.2) is 0 Å². The summed E-state index contributed by atoms with van der Waals surface area (Å²) < 4.78 is 1.25. The van der Waals surface area contributed by atoms with E-state index in [1.165, 1.54) is 41.8 Å². The van der Waals surface area contributed by atoms with Crippen LogP contribution in [0.25, 0.3) is 10.2 Å². The van der Waals surface area contributed by atoms with Crippen LogP contribution in [0.4, 0.5) is 0 Å². The molecule has 0 spiro atoms. The fourth-order valence-electron chi connectivity index (χ4n) is 4.26. The molecular weight excluding hydrogens is 342 g/mol. The molecule has 4 rings (SSSR count). The number of amides is 1. The molecule has 2 saturated heterocycles. The van der Waals surface area contributed by atoms with Gasteiger partial charge in [0.05, 0.1) is 22.8 Å². The summed E-state index contributed by atoms with van der Waals surface area (Å²) in [4.78, 5) is 22.3.